The van der Waals surface area contributed by atoms with Crippen molar-refractivity contribution in [3.63, 3.8) is 0 Å². The van der Waals surface area contributed by atoms with Crippen LogP contribution in [0.15, 0.2) is 53.4 Å². The standard InChI is InChI=1S/C19H21N3O6S/c1-13-4-10-16(11-5-13)29(26,27)22(3)15-8-6-14(7-9-15)18(24)28-12-17(23)21-19(25)20-2/h4-11H,12H2,1-3H3,(H2,20,21,23,25). The molecule has 0 aliphatic carbocycles. The van der Waals surface area contributed by atoms with Gasteiger partial charge in [-0.1, -0.05) is 17.7 Å². The van der Waals surface area contributed by atoms with Gasteiger partial charge in [-0.25, -0.2) is 18.0 Å². The molecule has 0 heterocycles. The fraction of sp³-hybridized carbons (Fsp3) is 0.211. The Balaban J connectivity index is 2.05. The maximum atomic E-state index is 12.7. The molecule has 0 saturated heterocycles. The van der Waals surface area contributed by atoms with Gasteiger partial charge < -0.3 is 10.1 Å². The third-order valence-corrected chi connectivity index (χ3v) is 5.76. The first kappa shape index (κ1) is 21.9. The molecule has 0 atom stereocenters. The van der Waals surface area contributed by atoms with E-state index in [0.29, 0.717) is 5.69 Å². The molecule has 2 aromatic rings. The first-order chi connectivity index (χ1) is 13.6. The molecule has 10 heteroatoms. The van der Waals surface area contributed by atoms with Crippen LogP contribution in [0.4, 0.5) is 10.5 Å². The maximum Gasteiger partial charge on any atom is 0.338 e. The summed E-state index contributed by atoms with van der Waals surface area (Å²) in [5, 5.41) is 4.15. The van der Waals surface area contributed by atoms with E-state index in [1.165, 1.54) is 50.5 Å². The lowest BCUT2D eigenvalue weighted by Gasteiger charge is -2.19. The van der Waals surface area contributed by atoms with Crippen LogP contribution in [-0.4, -0.2) is 47.0 Å². The monoisotopic (exact) mass is 419 g/mol. The quantitative estimate of drug-likeness (QED) is 0.683. The summed E-state index contributed by atoms with van der Waals surface area (Å²) in [6.45, 7) is 1.23. The molecule has 29 heavy (non-hydrogen) atoms. The summed E-state index contributed by atoms with van der Waals surface area (Å²) in [5.74, 6) is -1.56. The summed E-state index contributed by atoms with van der Waals surface area (Å²) in [7, 11) is -1.00. The van der Waals surface area contributed by atoms with Crippen molar-refractivity contribution in [3.05, 3.63) is 59.7 Å². The molecular formula is C19H21N3O6S. The van der Waals surface area contributed by atoms with E-state index >= 15 is 0 Å². The molecule has 0 unspecified atom stereocenters. The van der Waals surface area contributed by atoms with Crippen molar-refractivity contribution >= 4 is 33.6 Å². The van der Waals surface area contributed by atoms with Gasteiger partial charge in [0.1, 0.15) is 0 Å². The largest absolute Gasteiger partial charge is 0.452 e. The Kier molecular flexibility index (Phi) is 6.94. The fourth-order valence-electron chi connectivity index (χ4n) is 2.25. The summed E-state index contributed by atoms with van der Waals surface area (Å²) in [6.07, 6.45) is 0. The van der Waals surface area contributed by atoms with Crippen molar-refractivity contribution in [2.75, 3.05) is 25.0 Å². The number of ether oxygens (including phenoxy) is 1. The smallest absolute Gasteiger partial charge is 0.338 e. The molecule has 0 aromatic heterocycles. The number of esters is 1. The summed E-state index contributed by atoms with van der Waals surface area (Å²) in [4.78, 5) is 34.6. The number of carbonyl (C=O) groups excluding carboxylic acids is 3. The zero-order valence-corrected chi connectivity index (χ0v) is 16.9. The summed E-state index contributed by atoms with van der Waals surface area (Å²) in [5.41, 5.74) is 1.42. The minimum absolute atomic E-state index is 0.127. The van der Waals surface area contributed by atoms with Crippen LogP contribution in [0.3, 0.4) is 0 Å². The number of imide groups is 1. The Hall–Kier alpha value is -3.40. The zero-order valence-electron chi connectivity index (χ0n) is 16.1. The Morgan fingerprint density at radius 1 is 1.00 bits per heavy atom. The number of amides is 3. The highest BCUT2D eigenvalue weighted by Gasteiger charge is 2.21. The lowest BCUT2D eigenvalue weighted by atomic mass is 10.2. The second kappa shape index (κ2) is 9.20. The number of hydrogen-bond acceptors (Lipinski definition) is 6. The van der Waals surface area contributed by atoms with Crippen LogP contribution in [0, 0.1) is 6.92 Å². The van der Waals surface area contributed by atoms with Crippen molar-refractivity contribution in [2.24, 2.45) is 0 Å². The van der Waals surface area contributed by atoms with Crippen LogP contribution >= 0.6 is 0 Å². The molecule has 154 valence electrons. The number of anilines is 1. The van der Waals surface area contributed by atoms with Gasteiger partial charge in [0, 0.05) is 14.1 Å². The third-order valence-electron chi connectivity index (χ3n) is 3.96. The van der Waals surface area contributed by atoms with Gasteiger partial charge in [0.05, 0.1) is 16.1 Å². The average molecular weight is 419 g/mol. The fourth-order valence-corrected chi connectivity index (χ4v) is 3.45. The van der Waals surface area contributed by atoms with Gasteiger partial charge in [-0.15, -0.1) is 0 Å². The second-order valence-corrected chi connectivity index (χ2v) is 8.01. The van der Waals surface area contributed by atoms with Crippen molar-refractivity contribution in [1.82, 2.24) is 10.6 Å². The topological polar surface area (TPSA) is 122 Å². The van der Waals surface area contributed by atoms with Crippen LogP contribution in [-0.2, 0) is 19.6 Å². The van der Waals surface area contributed by atoms with Gasteiger partial charge in [-0.2, -0.15) is 0 Å². The van der Waals surface area contributed by atoms with E-state index in [4.69, 9.17) is 4.74 Å². The minimum atomic E-state index is -3.75. The highest BCUT2D eigenvalue weighted by Crippen LogP contribution is 2.22. The lowest BCUT2D eigenvalue weighted by Crippen LogP contribution is -2.39. The first-order valence-corrected chi connectivity index (χ1v) is 9.93. The van der Waals surface area contributed by atoms with Gasteiger partial charge in [-0.3, -0.25) is 14.4 Å². The molecule has 0 aliphatic heterocycles. The van der Waals surface area contributed by atoms with Gasteiger partial charge in [0.15, 0.2) is 6.61 Å². The number of sulfonamides is 1. The van der Waals surface area contributed by atoms with E-state index in [1.807, 2.05) is 12.2 Å². The van der Waals surface area contributed by atoms with Crippen molar-refractivity contribution < 1.29 is 27.5 Å². The number of aryl methyl sites for hydroxylation is 1. The number of carbonyl (C=O) groups is 3. The molecule has 2 aromatic carbocycles. The lowest BCUT2D eigenvalue weighted by molar-refractivity contribution is -0.123. The molecule has 2 N–H and O–H groups in total. The van der Waals surface area contributed by atoms with Crippen molar-refractivity contribution in [1.29, 1.82) is 0 Å². The van der Waals surface area contributed by atoms with Gasteiger partial charge in [-0.05, 0) is 43.3 Å². The molecule has 0 aliphatic rings. The number of hydrogen-bond donors (Lipinski definition) is 2. The Labute approximate surface area is 168 Å². The molecule has 0 fully saturated rings. The number of nitrogens with zero attached hydrogens (tertiary/aromatic N) is 1. The zero-order chi connectivity index (χ0) is 21.6. The van der Waals surface area contributed by atoms with E-state index < -0.39 is 34.5 Å². The summed E-state index contributed by atoms with van der Waals surface area (Å²) >= 11 is 0. The van der Waals surface area contributed by atoms with Crippen molar-refractivity contribution in [3.8, 4) is 0 Å². The molecule has 0 saturated carbocycles. The molecule has 3 amide bonds. The third kappa shape index (κ3) is 5.55. The van der Waals surface area contributed by atoms with Crippen LogP contribution in [0.2, 0.25) is 0 Å². The molecule has 9 nitrogen and oxygen atoms in total. The number of benzene rings is 2. The van der Waals surface area contributed by atoms with E-state index in [0.717, 1.165) is 9.87 Å². The van der Waals surface area contributed by atoms with E-state index in [9.17, 15) is 22.8 Å². The Morgan fingerprint density at radius 3 is 2.14 bits per heavy atom. The van der Waals surface area contributed by atoms with Crippen molar-refractivity contribution in [2.45, 2.75) is 11.8 Å². The Morgan fingerprint density at radius 2 is 1.59 bits per heavy atom. The minimum Gasteiger partial charge on any atom is -0.452 e. The second-order valence-electron chi connectivity index (χ2n) is 6.04. The highest BCUT2D eigenvalue weighted by molar-refractivity contribution is 7.92. The molecule has 0 spiro atoms. The molecule has 0 bridgehead atoms. The number of urea groups is 1. The molecule has 2 rings (SSSR count). The SMILES string of the molecule is CNC(=O)NC(=O)COC(=O)c1ccc(N(C)S(=O)(=O)c2ccc(C)cc2)cc1. The van der Waals surface area contributed by atoms with Gasteiger partial charge in [0.25, 0.3) is 15.9 Å². The summed E-state index contributed by atoms with van der Waals surface area (Å²) in [6, 6.07) is 11.4. The van der Waals surface area contributed by atoms with Gasteiger partial charge >= 0.3 is 12.0 Å². The van der Waals surface area contributed by atoms with Crippen LogP contribution in [0.25, 0.3) is 0 Å². The van der Waals surface area contributed by atoms with Crippen LogP contribution in [0.1, 0.15) is 15.9 Å². The predicted molar refractivity (Wildman–Crippen MR) is 106 cm³/mol. The van der Waals surface area contributed by atoms with Crippen LogP contribution in [0.5, 0.6) is 0 Å². The molecular weight excluding hydrogens is 398 g/mol. The average Bonchev–Trinajstić information content (AvgIpc) is 2.71. The van der Waals surface area contributed by atoms with E-state index in [2.05, 4.69) is 5.32 Å². The number of rotatable bonds is 6. The summed E-state index contributed by atoms with van der Waals surface area (Å²) < 4.78 is 31.3. The van der Waals surface area contributed by atoms with E-state index in [-0.39, 0.29) is 10.5 Å². The Bertz CT molecular complexity index is 1000. The van der Waals surface area contributed by atoms with Crippen LogP contribution < -0.4 is 14.9 Å². The predicted octanol–water partition coefficient (Wildman–Crippen LogP) is 1.43. The highest BCUT2D eigenvalue weighted by atomic mass is 32.2. The maximum absolute atomic E-state index is 12.7. The van der Waals surface area contributed by atoms with Gasteiger partial charge in [0.2, 0.25) is 0 Å². The van der Waals surface area contributed by atoms with E-state index in [1.54, 1.807) is 12.1 Å². The first-order valence-electron chi connectivity index (χ1n) is 8.49. The molecule has 0 radical (unpaired) electrons. The number of nitrogens with one attached hydrogen (secondary N) is 2. The normalized spacial score (nSPS) is 10.7.